The number of anilines is 3. The zero-order valence-electron chi connectivity index (χ0n) is 20.1. The van der Waals surface area contributed by atoms with E-state index >= 15 is 0 Å². The smallest absolute Gasteiger partial charge is 0.249 e. The summed E-state index contributed by atoms with van der Waals surface area (Å²) in [5.74, 6) is -2.88. The van der Waals surface area contributed by atoms with E-state index in [-0.39, 0.29) is 22.0 Å². The summed E-state index contributed by atoms with van der Waals surface area (Å²) >= 11 is 6.58. The van der Waals surface area contributed by atoms with Crippen LogP contribution in [0.3, 0.4) is 0 Å². The molecule has 5 aromatic rings. The fourth-order valence-corrected chi connectivity index (χ4v) is 4.39. The fraction of sp³-hybridized carbons (Fsp3) is 0.0800. The number of rotatable bonds is 7. The van der Waals surface area contributed by atoms with Crippen molar-refractivity contribution in [1.82, 2.24) is 25.0 Å². The van der Waals surface area contributed by atoms with Crippen molar-refractivity contribution in [1.29, 1.82) is 5.26 Å². The van der Waals surface area contributed by atoms with Gasteiger partial charge in [0.15, 0.2) is 5.82 Å². The Hall–Kier alpha value is -4.70. The summed E-state index contributed by atoms with van der Waals surface area (Å²) in [6, 6.07) is 11.8. The predicted octanol–water partition coefficient (Wildman–Crippen LogP) is 4.78. The number of hydrogen-bond acceptors (Lipinski definition) is 7. The second kappa shape index (κ2) is 10.2. The van der Waals surface area contributed by atoms with Gasteiger partial charge in [0.25, 0.3) is 0 Å². The highest BCUT2D eigenvalue weighted by Gasteiger charge is 2.32. The summed E-state index contributed by atoms with van der Waals surface area (Å²) in [5, 5.41) is 24.6. The number of nitrogens with one attached hydrogen (secondary N) is 2. The van der Waals surface area contributed by atoms with Gasteiger partial charge in [0.05, 0.1) is 45.3 Å². The average molecular weight is 551 g/mol. The number of nitriles is 1. The molecule has 0 saturated carbocycles. The van der Waals surface area contributed by atoms with Crippen molar-refractivity contribution in [3.8, 4) is 6.07 Å². The SMILES string of the molecule is BC(Nc1cc(Cl)c2ncc(C#N)c(Nc3cnc(F)c(F)c3)c2c1)(c1ccc(F)cc1)c1cnn(CF)n1. The molecule has 0 aliphatic heterocycles. The maximum Gasteiger partial charge on any atom is 0.249 e. The Morgan fingerprint density at radius 2 is 1.79 bits per heavy atom. The molecule has 194 valence electrons. The van der Waals surface area contributed by atoms with Crippen LogP contribution in [-0.2, 0) is 12.2 Å². The molecule has 0 aliphatic rings. The van der Waals surface area contributed by atoms with E-state index in [0.29, 0.717) is 27.8 Å². The second-order valence-electron chi connectivity index (χ2n) is 8.61. The second-order valence-corrected chi connectivity index (χ2v) is 9.02. The van der Waals surface area contributed by atoms with Crippen molar-refractivity contribution in [2.24, 2.45) is 0 Å². The zero-order chi connectivity index (χ0) is 27.7. The molecule has 3 heterocycles. The summed E-state index contributed by atoms with van der Waals surface area (Å²) in [7, 11) is 1.75. The third-order valence-electron chi connectivity index (χ3n) is 6.08. The predicted molar refractivity (Wildman–Crippen MR) is 139 cm³/mol. The third-order valence-corrected chi connectivity index (χ3v) is 6.37. The number of benzene rings is 2. The monoisotopic (exact) mass is 550 g/mol. The third kappa shape index (κ3) is 4.94. The van der Waals surface area contributed by atoms with Crippen molar-refractivity contribution in [3.05, 3.63) is 100 Å². The molecule has 3 aromatic heterocycles. The molecule has 14 heteroatoms. The Labute approximate surface area is 224 Å². The molecule has 2 N–H and O–H groups in total. The average Bonchev–Trinajstić information content (AvgIpc) is 3.42. The Balaban J connectivity index is 1.65. The lowest BCUT2D eigenvalue weighted by molar-refractivity contribution is 0.317. The molecular formula is C25H16BClF4N8. The van der Waals surface area contributed by atoms with Crippen LogP contribution in [0.2, 0.25) is 5.02 Å². The van der Waals surface area contributed by atoms with Crippen molar-refractivity contribution in [2.75, 3.05) is 10.6 Å². The van der Waals surface area contributed by atoms with Gasteiger partial charge in [-0.05, 0) is 29.8 Å². The Morgan fingerprint density at radius 3 is 2.46 bits per heavy atom. The number of nitrogens with zero attached hydrogens (tertiary/aromatic N) is 6. The Morgan fingerprint density at radius 1 is 1.03 bits per heavy atom. The van der Waals surface area contributed by atoms with Crippen molar-refractivity contribution in [3.63, 3.8) is 0 Å². The summed E-state index contributed by atoms with van der Waals surface area (Å²) < 4.78 is 54.2. The summed E-state index contributed by atoms with van der Waals surface area (Å²) in [6.45, 7) is -0.947. The molecule has 0 radical (unpaired) electrons. The number of halogens is 5. The van der Waals surface area contributed by atoms with Crippen LogP contribution in [0, 0.1) is 28.9 Å². The largest absolute Gasteiger partial charge is 0.378 e. The molecule has 5 rings (SSSR count). The molecule has 0 fully saturated rings. The van der Waals surface area contributed by atoms with Gasteiger partial charge in [-0.15, -0.1) is 0 Å². The highest BCUT2D eigenvalue weighted by molar-refractivity contribution is 6.36. The lowest BCUT2D eigenvalue weighted by Gasteiger charge is -2.31. The normalized spacial score (nSPS) is 12.6. The van der Waals surface area contributed by atoms with Crippen LogP contribution in [0.5, 0.6) is 0 Å². The van der Waals surface area contributed by atoms with E-state index in [1.165, 1.54) is 24.5 Å². The van der Waals surface area contributed by atoms with E-state index in [9.17, 15) is 22.8 Å². The summed E-state index contributed by atoms with van der Waals surface area (Å²) in [5.41, 5.74) is 0.949. The van der Waals surface area contributed by atoms with Crippen molar-refractivity contribution in [2.45, 2.75) is 12.2 Å². The van der Waals surface area contributed by atoms with Crippen LogP contribution in [0.25, 0.3) is 10.9 Å². The first-order chi connectivity index (χ1) is 18.7. The van der Waals surface area contributed by atoms with Crippen LogP contribution in [0.4, 0.5) is 34.6 Å². The Kier molecular flexibility index (Phi) is 6.80. The molecule has 1 unspecified atom stereocenters. The van der Waals surface area contributed by atoms with Gasteiger partial charge < -0.3 is 10.6 Å². The van der Waals surface area contributed by atoms with Crippen LogP contribution in [0.1, 0.15) is 16.8 Å². The van der Waals surface area contributed by atoms with Crippen LogP contribution in [0.15, 0.2) is 61.1 Å². The molecular weight excluding hydrogens is 535 g/mol. The summed E-state index contributed by atoms with van der Waals surface area (Å²) in [6.07, 6.45) is 3.77. The molecule has 0 aliphatic carbocycles. The van der Waals surface area contributed by atoms with E-state index in [4.69, 9.17) is 11.6 Å². The number of hydrogen-bond donors (Lipinski definition) is 2. The quantitative estimate of drug-likeness (QED) is 0.171. The number of aromatic nitrogens is 5. The number of alkyl halides is 1. The maximum absolute atomic E-state index is 13.8. The zero-order valence-corrected chi connectivity index (χ0v) is 20.8. The topological polar surface area (TPSA) is 104 Å². The minimum Gasteiger partial charge on any atom is -0.378 e. The number of pyridine rings is 2. The van der Waals surface area contributed by atoms with E-state index < -0.39 is 29.8 Å². The van der Waals surface area contributed by atoms with Gasteiger partial charge in [-0.2, -0.15) is 24.6 Å². The van der Waals surface area contributed by atoms with Gasteiger partial charge in [0.1, 0.15) is 25.4 Å². The van der Waals surface area contributed by atoms with E-state index in [0.717, 1.165) is 17.1 Å². The maximum atomic E-state index is 13.8. The van der Waals surface area contributed by atoms with Crippen LogP contribution < -0.4 is 10.6 Å². The standard InChI is InChI=1S/C25H16BClF4N8/c26-25(14-1-3-15(29)4-2-14,21-11-35-39(12-28)38-21)37-16-5-18-22(36-17-7-20(30)24(31)34-10-17)13(8-32)9-33-23(18)19(27)6-16/h1-7,9-11,37H,12,26H2,(H,33,36). The first-order valence-corrected chi connectivity index (χ1v) is 11.7. The van der Waals surface area contributed by atoms with Gasteiger partial charge in [-0.25, -0.2) is 18.2 Å². The molecule has 0 spiro atoms. The molecule has 8 nitrogen and oxygen atoms in total. The van der Waals surface area contributed by atoms with Gasteiger partial charge in [0, 0.05) is 23.3 Å². The van der Waals surface area contributed by atoms with Gasteiger partial charge in [-0.1, -0.05) is 23.7 Å². The van der Waals surface area contributed by atoms with Crippen LogP contribution in [-0.4, -0.2) is 32.8 Å². The molecule has 0 saturated heterocycles. The van der Waals surface area contributed by atoms with Crippen molar-refractivity contribution >= 4 is 47.4 Å². The molecule has 39 heavy (non-hydrogen) atoms. The Bertz CT molecular complexity index is 1740. The summed E-state index contributed by atoms with van der Waals surface area (Å²) in [4.78, 5) is 8.52. The van der Waals surface area contributed by atoms with Crippen LogP contribution >= 0.6 is 11.6 Å². The van der Waals surface area contributed by atoms with E-state index in [1.54, 1.807) is 32.1 Å². The van der Waals surface area contributed by atoms with E-state index in [1.807, 2.05) is 6.07 Å². The molecule has 1 atom stereocenters. The molecule has 0 bridgehead atoms. The molecule has 2 aromatic carbocycles. The van der Waals surface area contributed by atoms with E-state index in [2.05, 4.69) is 30.8 Å². The highest BCUT2D eigenvalue weighted by atomic mass is 35.5. The fourth-order valence-electron chi connectivity index (χ4n) is 4.13. The minimum atomic E-state index is -1.26. The first kappa shape index (κ1) is 25.9. The van der Waals surface area contributed by atoms with Gasteiger partial charge in [0.2, 0.25) is 12.7 Å². The lowest BCUT2D eigenvalue weighted by atomic mass is 9.69. The van der Waals surface area contributed by atoms with Gasteiger partial charge in [-0.3, -0.25) is 4.98 Å². The van der Waals surface area contributed by atoms with Gasteiger partial charge >= 0.3 is 0 Å². The highest BCUT2D eigenvalue weighted by Crippen LogP contribution is 2.37. The minimum absolute atomic E-state index is 0.0892. The lowest BCUT2D eigenvalue weighted by Crippen LogP contribution is -2.38. The van der Waals surface area contributed by atoms with Crippen molar-refractivity contribution < 1.29 is 17.6 Å². The molecule has 0 amide bonds. The first-order valence-electron chi connectivity index (χ1n) is 11.3. The number of fused-ring (bicyclic) bond motifs is 1.